The number of hydrogen-bond acceptors (Lipinski definition) is 3. The van der Waals surface area contributed by atoms with Crippen LogP contribution in [0.5, 0.6) is 0 Å². The largest absolute Gasteiger partial charge is 0.292 e. The zero-order valence-electron chi connectivity index (χ0n) is 14.4. The molecule has 0 N–H and O–H groups in total. The maximum Gasteiger partial charge on any atom is 0.155 e. The molecule has 0 radical (unpaired) electrons. The minimum absolute atomic E-state index is 0.0223. The highest BCUT2D eigenvalue weighted by Crippen LogP contribution is 2.38. The molecule has 4 nitrogen and oxygen atoms in total. The molecule has 0 bridgehead atoms. The number of nitrogens with zero attached hydrogens (tertiary/aromatic N) is 4. The molecule has 2 aromatic heterocycles. The second-order valence-electron chi connectivity index (χ2n) is 6.99. The maximum atomic E-state index is 4.68. The first-order valence-corrected chi connectivity index (χ1v) is 8.78. The lowest BCUT2D eigenvalue weighted by Crippen LogP contribution is -2.41. The van der Waals surface area contributed by atoms with E-state index in [4.69, 9.17) is 0 Å². The van der Waals surface area contributed by atoms with Crippen LogP contribution >= 0.6 is 0 Å². The van der Waals surface area contributed by atoms with Gasteiger partial charge in [0.05, 0.1) is 16.9 Å². The highest BCUT2D eigenvalue weighted by atomic mass is 15.3. The lowest BCUT2D eigenvalue weighted by atomic mass is 9.93. The molecule has 4 rings (SSSR count). The third-order valence-corrected chi connectivity index (χ3v) is 5.33. The van der Waals surface area contributed by atoms with Gasteiger partial charge in [0.1, 0.15) is 0 Å². The van der Waals surface area contributed by atoms with Crippen LogP contribution < -0.4 is 0 Å². The Balaban J connectivity index is 1.64. The lowest BCUT2D eigenvalue weighted by molar-refractivity contribution is 0.150. The van der Waals surface area contributed by atoms with Gasteiger partial charge in [0.2, 0.25) is 0 Å². The van der Waals surface area contributed by atoms with E-state index in [1.54, 1.807) is 0 Å². The van der Waals surface area contributed by atoms with E-state index in [0.717, 1.165) is 30.9 Å². The van der Waals surface area contributed by atoms with Gasteiger partial charge in [0, 0.05) is 18.8 Å². The van der Waals surface area contributed by atoms with Crippen LogP contribution in [-0.2, 0) is 12.0 Å². The molecule has 0 saturated carbocycles. The van der Waals surface area contributed by atoms with E-state index in [1.165, 1.54) is 24.1 Å². The molecule has 0 aliphatic carbocycles. The quantitative estimate of drug-likeness (QED) is 0.736. The van der Waals surface area contributed by atoms with Crippen molar-refractivity contribution in [1.29, 1.82) is 0 Å². The van der Waals surface area contributed by atoms with Gasteiger partial charge in [-0.25, -0.2) is 9.50 Å². The molecule has 1 fully saturated rings. The van der Waals surface area contributed by atoms with E-state index in [-0.39, 0.29) is 5.54 Å². The molecule has 0 amide bonds. The van der Waals surface area contributed by atoms with Crippen LogP contribution in [-0.4, -0.2) is 32.6 Å². The Morgan fingerprint density at radius 2 is 2.00 bits per heavy atom. The number of aromatic nitrogens is 3. The molecule has 3 heterocycles. The van der Waals surface area contributed by atoms with Gasteiger partial charge in [0.25, 0.3) is 0 Å². The summed E-state index contributed by atoms with van der Waals surface area (Å²) in [6.07, 6.45) is 5.41. The van der Waals surface area contributed by atoms with E-state index in [0.29, 0.717) is 0 Å². The normalized spacial score (nSPS) is 21.6. The molecule has 3 aromatic rings. The second-order valence-corrected chi connectivity index (χ2v) is 6.99. The molecule has 124 valence electrons. The first kappa shape index (κ1) is 15.3. The maximum absolute atomic E-state index is 4.68. The van der Waals surface area contributed by atoms with Crippen molar-refractivity contribution in [2.45, 2.75) is 38.6 Å². The molecule has 4 heteroatoms. The van der Waals surface area contributed by atoms with Crippen molar-refractivity contribution in [1.82, 2.24) is 19.5 Å². The van der Waals surface area contributed by atoms with Gasteiger partial charge in [-0.1, -0.05) is 30.3 Å². The number of hydrogen-bond donors (Lipinski definition) is 0. The zero-order chi connectivity index (χ0) is 16.6. The summed E-state index contributed by atoms with van der Waals surface area (Å²) in [5.74, 6) is 0. The summed E-state index contributed by atoms with van der Waals surface area (Å²) in [5.41, 5.74) is 4.65. The molecular formula is C20H24N4. The van der Waals surface area contributed by atoms with Gasteiger partial charge in [0.15, 0.2) is 5.65 Å². The Hall–Kier alpha value is -2.20. The van der Waals surface area contributed by atoms with Crippen LogP contribution in [0, 0.1) is 6.92 Å². The van der Waals surface area contributed by atoms with E-state index < -0.39 is 0 Å². The van der Waals surface area contributed by atoms with E-state index >= 15 is 0 Å². The standard InChI is InChI=1S/C20H24N4/c1-16-15-19-21-12-9-18(24(19)22-16)20(2)11-6-13-23(20)14-10-17-7-4-3-5-8-17/h3-5,7-9,12,15H,6,10-11,13-14H2,1-2H3/t20-/m0/s1. The number of benzene rings is 1. The predicted octanol–water partition coefficient (Wildman–Crippen LogP) is 3.59. The molecule has 1 saturated heterocycles. The van der Waals surface area contributed by atoms with E-state index in [9.17, 15) is 0 Å². The predicted molar refractivity (Wildman–Crippen MR) is 96.0 cm³/mol. The fourth-order valence-electron chi connectivity index (χ4n) is 3.99. The van der Waals surface area contributed by atoms with Crippen LogP contribution in [0.4, 0.5) is 0 Å². The number of aryl methyl sites for hydroxylation is 1. The summed E-state index contributed by atoms with van der Waals surface area (Å²) in [4.78, 5) is 7.08. The van der Waals surface area contributed by atoms with Crippen molar-refractivity contribution in [2.24, 2.45) is 0 Å². The SMILES string of the molecule is Cc1cc2nccc([C@]3(C)CCCN3CCc3ccccc3)n2n1. The highest BCUT2D eigenvalue weighted by molar-refractivity contribution is 5.41. The van der Waals surface area contributed by atoms with Crippen molar-refractivity contribution >= 4 is 5.65 Å². The zero-order valence-corrected chi connectivity index (χ0v) is 14.4. The molecular weight excluding hydrogens is 296 g/mol. The Morgan fingerprint density at radius 3 is 2.83 bits per heavy atom. The van der Waals surface area contributed by atoms with Crippen LogP contribution in [0.25, 0.3) is 5.65 Å². The summed E-state index contributed by atoms with van der Waals surface area (Å²) in [6, 6.07) is 15.0. The topological polar surface area (TPSA) is 33.4 Å². The fraction of sp³-hybridized carbons (Fsp3) is 0.400. The average molecular weight is 320 g/mol. The van der Waals surface area contributed by atoms with Crippen molar-refractivity contribution < 1.29 is 0 Å². The summed E-state index contributed by atoms with van der Waals surface area (Å²) in [7, 11) is 0. The molecule has 0 unspecified atom stereocenters. The minimum Gasteiger partial charge on any atom is -0.292 e. The Bertz CT molecular complexity index is 839. The number of fused-ring (bicyclic) bond motifs is 1. The van der Waals surface area contributed by atoms with Gasteiger partial charge in [-0.3, -0.25) is 4.90 Å². The lowest BCUT2D eigenvalue weighted by Gasteiger charge is -2.35. The first-order valence-electron chi connectivity index (χ1n) is 8.78. The summed E-state index contributed by atoms with van der Waals surface area (Å²) >= 11 is 0. The monoisotopic (exact) mass is 320 g/mol. The van der Waals surface area contributed by atoms with Crippen LogP contribution in [0.15, 0.2) is 48.7 Å². The van der Waals surface area contributed by atoms with Crippen LogP contribution in [0.2, 0.25) is 0 Å². The van der Waals surface area contributed by atoms with Crippen molar-refractivity contribution in [3.05, 3.63) is 65.6 Å². The Kier molecular flexibility index (Phi) is 3.85. The van der Waals surface area contributed by atoms with E-state index in [1.807, 2.05) is 17.6 Å². The summed E-state index contributed by atoms with van der Waals surface area (Å²) < 4.78 is 2.04. The fourth-order valence-corrected chi connectivity index (χ4v) is 3.99. The summed E-state index contributed by atoms with van der Waals surface area (Å²) in [6.45, 7) is 6.61. The van der Waals surface area contributed by atoms with Gasteiger partial charge >= 0.3 is 0 Å². The molecule has 1 aromatic carbocycles. The van der Waals surface area contributed by atoms with Gasteiger partial charge in [-0.15, -0.1) is 0 Å². The number of rotatable bonds is 4. The third-order valence-electron chi connectivity index (χ3n) is 5.33. The van der Waals surface area contributed by atoms with Gasteiger partial charge in [-0.2, -0.15) is 5.10 Å². The van der Waals surface area contributed by atoms with Crippen LogP contribution in [0.3, 0.4) is 0 Å². The Labute approximate surface area is 143 Å². The van der Waals surface area contributed by atoms with E-state index in [2.05, 4.69) is 64.4 Å². The second kappa shape index (κ2) is 6.02. The highest BCUT2D eigenvalue weighted by Gasteiger charge is 2.39. The summed E-state index contributed by atoms with van der Waals surface area (Å²) in [5, 5.41) is 4.68. The molecule has 1 aliphatic rings. The molecule has 1 atom stereocenters. The Morgan fingerprint density at radius 1 is 1.17 bits per heavy atom. The molecule has 0 spiro atoms. The van der Waals surface area contributed by atoms with Gasteiger partial charge < -0.3 is 0 Å². The first-order chi connectivity index (χ1) is 11.7. The van der Waals surface area contributed by atoms with Crippen LogP contribution in [0.1, 0.15) is 36.7 Å². The number of likely N-dealkylation sites (tertiary alicyclic amines) is 1. The van der Waals surface area contributed by atoms with Crippen molar-refractivity contribution in [3.8, 4) is 0 Å². The minimum atomic E-state index is 0.0223. The van der Waals surface area contributed by atoms with Crippen molar-refractivity contribution in [3.63, 3.8) is 0 Å². The third kappa shape index (κ3) is 2.61. The average Bonchev–Trinajstić information content (AvgIpc) is 3.16. The van der Waals surface area contributed by atoms with Gasteiger partial charge in [-0.05, 0) is 51.3 Å². The molecule has 24 heavy (non-hydrogen) atoms. The molecule has 1 aliphatic heterocycles. The smallest absolute Gasteiger partial charge is 0.155 e. The van der Waals surface area contributed by atoms with Crippen molar-refractivity contribution in [2.75, 3.05) is 13.1 Å².